The number of allylic oxidation sites excluding steroid dienone is 1. The number of nitrogens with one attached hydrogen (secondary N) is 1. The average Bonchev–Trinajstić information content (AvgIpc) is 3.20. The van der Waals surface area contributed by atoms with Crippen molar-refractivity contribution < 1.29 is 14.1 Å². The van der Waals surface area contributed by atoms with Gasteiger partial charge in [0.25, 0.3) is 5.69 Å². The van der Waals surface area contributed by atoms with Gasteiger partial charge in [-0.3, -0.25) is 10.1 Å². The van der Waals surface area contributed by atoms with E-state index in [0.29, 0.717) is 33.7 Å². The molecule has 0 radical (unpaired) electrons. The molecule has 0 atom stereocenters. The van der Waals surface area contributed by atoms with Gasteiger partial charge in [0.2, 0.25) is 0 Å². The highest BCUT2D eigenvalue weighted by atomic mass is 127. The number of nitrogens with zero attached hydrogens (tertiary/aromatic N) is 3. The van der Waals surface area contributed by atoms with Crippen molar-refractivity contribution >= 4 is 73.6 Å². The minimum atomic E-state index is -0.441. The molecule has 7 nitrogen and oxygen atoms in total. The van der Waals surface area contributed by atoms with Crippen LogP contribution in [0.15, 0.2) is 54.6 Å². The SMILES string of the molecule is N#C/C(=C/c1cc(I)c(OCc2cccc([N+](=O)[O-])c2)c(I)c1)c1nc2ccc(F)cc2[nH]1. The molecular formula is C23H13FI2N4O3. The molecule has 33 heavy (non-hydrogen) atoms. The Kier molecular flexibility index (Phi) is 6.89. The van der Waals surface area contributed by atoms with Crippen LogP contribution in [0.1, 0.15) is 17.0 Å². The predicted octanol–water partition coefficient (Wildman–Crippen LogP) is 6.46. The van der Waals surface area contributed by atoms with Crippen molar-refractivity contribution in [3.63, 3.8) is 0 Å². The second-order valence-corrected chi connectivity index (χ2v) is 9.27. The lowest BCUT2D eigenvalue weighted by Crippen LogP contribution is -2.00. The fourth-order valence-corrected chi connectivity index (χ4v) is 5.27. The molecule has 0 fully saturated rings. The Balaban J connectivity index is 1.59. The fraction of sp³-hybridized carbons (Fsp3) is 0.0435. The summed E-state index contributed by atoms with van der Waals surface area (Å²) >= 11 is 4.29. The van der Waals surface area contributed by atoms with Gasteiger partial charge < -0.3 is 9.72 Å². The number of ether oxygens (including phenoxy) is 1. The molecule has 0 amide bonds. The molecule has 1 N–H and O–H groups in total. The minimum Gasteiger partial charge on any atom is -0.487 e. The Labute approximate surface area is 214 Å². The first-order valence-electron chi connectivity index (χ1n) is 9.46. The van der Waals surface area contributed by atoms with Crippen LogP contribution < -0.4 is 4.74 Å². The van der Waals surface area contributed by atoms with Crippen molar-refractivity contribution in [3.8, 4) is 11.8 Å². The summed E-state index contributed by atoms with van der Waals surface area (Å²) in [5.41, 5.74) is 2.87. The number of nitro groups is 1. The van der Waals surface area contributed by atoms with E-state index in [1.54, 1.807) is 24.3 Å². The van der Waals surface area contributed by atoms with Crippen LogP contribution in [0.25, 0.3) is 22.7 Å². The first kappa shape index (κ1) is 23.1. The van der Waals surface area contributed by atoms with Gasteiger partial charge in [-0.2, -0.15) is 5.26 Å². The van der Waals surface area contributed by atoms with Gasteiger partial charge in [0, 0.05) is 12.1 Å². The number of hydrogen-bond acceptors (Lipinski definition) is 5. The van der Waals surface area contributed by atoms with Gasteiger partial charge in [0.1, 0.15) is 30.1 Å². The summed E-state index contributed by atoms with van der Waals surface area (Å²) < 4.78 is 21.0. The van der Waals surface area contributed by atoms with Gasteiger partial charge in [0.05, 0.1) is 28.7 Å². The summed E-state index contributed by atoms with van der Waals surface area (Å²) in [7, 11) is 0. The first-order valence-corrected chi connectivity index (χ1v) is 11.6. The molecule has 4 aromatic rings. The van der Waals surface area contributed by atoms with Gasteiger partial charge in [-0.25, -0.2) is 9.37 Å². The van der Waals surface area contributed by atoms with Gasteiger partial charge in [-0.05, 0) is 92.7 Å². The number of benzene rings is 3. The van der Waals surface area contributed by atoms with Crippen molar-refractivity contribution in [2.75, 3.05) is 0 Å². The van der Waals surface area contributed by atoms with Gasteiger partial charge >= 0.3 is 0 Å². The molecule has 1 aromatic heterocycles. The molecule has 1 heterocycles. The van der Waals surface area contributed by atoms with E-state index in [0.717, 1.165) is 12.7 Å². The topological polar surface area (TPSA) is 105 Å². The third kappa shape index (κ3) is 5.31. The maximum atomic E-state index is 13.5. The fourth-order valence-electron chi connectivity index (χ4n) is 3.15. The van der Waals surface area contributed by atoms with Crippen molar-refractivity contribution in [3.05, 3.63) is 94.6 Å². The molecule has 0 bridgehead atoms. The lowest BCUT2D eigenvalue weighted by atomic mass is 10.1. The van der Waals surface area contributed by atoms with Gasteiger partial charge in [-0.1, -0.05) is 12.1 Å². The molecule has 0 aliphatic carbocycles. The zero-order chi connectivity index (χ0) is 23.5. The summed E-state index contributed by atoms with van der Waals surface area (Å²) in [5, 5.41) is 20.6. The molecular weight excluding hydrogens is 653 g/mol. The number of hydrogen-bond donors (Lipinski definition) is 1. The monoisotopic (exact) mass is 666 g/mol. The molecule has 0 spiro atoms. The number of aromatic amines is 1. The average molecular weight is 666 g/mol. The molecule has 10 heteroatoms. The maximum Gasteiger partial charge on any atom is 0.269 e. The summed E-state index contributed by atoms with van der Waals surface area (Å²) in [6.45, 7) is 0.182. The van der Waals surface area contributed by atoms with Crippen LogP contribution in [0, 0.1) is 34.4 Å². The van der Waals surface area contributed by atoms with Crippen molar-refractivity contribution in [2.24, 2.45) is 0 Å². The molecule has 0 aliphatic heterocycles. The van der Waals surface area contributed by atoms with Crippen molar-refractivity contribution in [1.82, 2.24) is 9.97 Å². The second-order valence-electron chi connectivity index (χ2n) is 6.95. The Bertz CT molecular complexity index is 1440. The van der Waals surface area contributed by atoms with E-state index in [2.05, 4.69) is 61.2 Å². The molecule has 164 valence electrons. The van der Waals surface area contributed by atoms with Crippen LogP contribution >= 0.6 is 45.2 Å². The maximum absolute atomic E-state index is 13.5. The number of nitriles is 1. The number of aromatic nitrogens is 2. The minimum absolute atomic E-state index is 0.0123. The van der Waals surface area contributed by atoms with Crippen LogP contribution in [-0.2, 0) is 6.61 Å². The Morgan fingerprint density at radius 3 is 2.67 bits per heavy atom. The zero-order valence-electron chi connectivity index (χ0n) is 16.7. The number of non-ortho nitro benzene ring substituents is 1. The largest absolute Gasteiger partial charge is 0.487 e. The Morgan fingerprint density at radius 2 is 1.97 bits per heavy atom. The van der Waals surface area contributed by atoms with E-state index in [4.69, 9.17) is 4.74 Å². The number of H-pyrrole nitrogens is 1. The number of fused-ring (bicyclic) bond motifs is 1. The van der Waals surface area contributed by atoms with E-state index in [9.17, 15) is 19.8 Å². The van der Waals surface area contributed by atoms with Crippen LogP contribution in [0.3, 0.4) is 0 Å². The first-order chi connectivity index (χ1) is 15.8. The third-order valence-electron chi connectivity index (χ3n) is 4.66. The third-order valence-corrected chi connectivity index (χ3v) is 6.26. The van der Waals surface area contributed by atoms with E-state index in [1.807, 2.05) is 12.1 Å². The Hall–Kier alpha value is -3.05. The van der Waals surface area contributed by atoms with E-state index >= 15 is 0 Å². The van der Waals surface area contributed by atoms with E-state index in [1.165, 1.54) is 24.3 Å². The summed E-state index contributed by atoms with van der Waals surface area (Å²) in [6.07, 6.45) is 1.70. The number of imidazole rings is 1. The van der Waals surface area contributed by atoms with E-state index < -0.39 is 4.92 Å². The van der Waals surface area contributed by atoms with Gasteiger partial charge in [-0.15, -0.1) is 0 Å². The summed E-state index contributed by atoms with van der Waals surface area (Å²) in [5.74, 6) is 0.622. The summed E-state index contributed by atoms with van der Waals surface area (Å²) in [6, 6.07) is 16.4. The highest BCUT2D eigenvalue weighted by Gasteiger charge is 2.13. The highest BCUT2D eigenvalue weighted by Crippen LogP contribution is 2.31. The number of halogens is 3. The quantitative estimate of drug-likeness (QED) is 0.110. The lowest BCUT2D eigenvalue weighted by molar-refractivity contribution is -0.384. The summed E-state index contributed by atoms with van der Waals surface area (Å²) in [4.78, 5) is 17.9. The van der Waals surface area contributed by atoms with Crippen LogP contribution in [0.4, 0.5) is 10.1 Å². The highest BCUT2D eigenvalue weighted by molar-refractivity contribution is 14.1. The molecule has 0 saturated carbocycles. The van der Waals surface area contributed by atoms with Crippen LogP contribution in [0.2, 0.25) is 0 Å². The molecule has 0 saturated heterocycles. The molecule has 0 aliphatic rings. The predicted molar refractivity (Wildman–Crippen MR) is 139 cm³/mol. The van der Waals surface area contributed by atoms with Crippen LogP contribution in [0.5, 0.6) is 5.75 Å². The molecule has 4 rings (SSSR count). The lowest BCUT2D eigenvalue weighted by Gasteiger charge is -2.12. The van der Waals surface area contributed by atoms with Crippen molar-refractivity contribution in [2.45, 2.75) is 6.61 Å². The normalized spacial score (nSPS) is 11.4. The standard InChI is InChI=1S/C23H13FI2N4O3/c24-16-4-5-20-21(10-16)29-23(28-20)15(11-27)6-14-8-18(25)22(19(26)9-14)33-12-13-2-1-3-17(7-13)30(31)32/h1-10H,12H2,(H,28,29)/b15-6-. The molecule has 3 aromatic carbocycles. The van der Waals surface area contributed by atoms with E-state index in [-0.39, 0.29) is 18.1 Å². The zero-order valence-corrected chi connectivity index (χ0v) is 21.0. The van der Waals surface area contributed by atoms with Gasteiger partial charge in [0.15, 0.2) is 0 Å². The number of nitro benzene ring substituents is 1. The molecule has 0 unspecified atom stereocenters. The second kappa shape index (κ2) is 9.84. The van der Waals surface area contributed by atoms with Crippen LogP contribution in [-0.4, -0.2) is 14.9 Å². The Morgan fingerprint density at radius 1 is 1.21 bits per heavy atom. The van der Waals surface area contributed by atoms with Crippen molar-refractivity contribution in [1.29, 1.82) is 5.26 Å². The number of rotatable bonds is 6. The smallest absolute Gasteiger partial charge is 0.269 e.